The number of primary amides is 1. The van der Waals surface area contributed by atoms with E-state index in [2.05, 4.69) is 0 Å². The summed E-state index contributed by atoms with van der Waals surface area (Å²) in [5, 5.41) is 9.06. The Labute approximate surface area is 60.2 Å². The molecule has 0 aliphatic carbocycles. The first-order valence-electron chi connectivity index (χ1n) is 3.32. The van der Waals surface area contributed by atoms with Crippen molar-refractivity contribution in [3.8, 4) is 0 Å². The van der Waals surface area contributed by atoms with Crippen molar-refractivity contribution in [1.29, 1.82) is 0 Å². The van der Waals surface area contributed by atoms with Gasteiger partial charge in [0.15, 0.2) is 0 Å². The van der Waals surface area contributed by atoms with Crippen molar-refractivity contribution in [2.45, 2.75) is 31.9 Å². The molecule has 0 aromatic carbocycles. The number of aliphatic hydroxyl groups excluding tert-OH is 1. The average Bonchev–Trinajstić information content (AvgIpc) is 1.87. The average molecular weight is 146 g/mol. The van der Waals surface area contributed by atoms with Crippen LogP contribution in [0.4, 0.5) is 0 Å². The quantitative estimate of drug-likeness (QED) is 0.473. The van der Waals surface area contributed by atoms with E-state index in [1.165, 1.54) is 0 Å². The van der Waals surface area contributed by atoms with Crippen molar-refractivity contribution < 1.29 is 9.90 Å². The third-order valence-electron chi connectivity index (χ3n) is 1.33. The second-order valence-corrected chi connectivity index (χ2v) is 2.28. The summed E-state index contributed by atoms with van der Waals surface area (Å²) in [7, 11) is 0. The lowest BCUT2D eigenvalue weighted by Crippen LogP contribution is -2.45. The highest BCUT2D eigenvalue weighted by Crippen LogP contribution is 1.98. The van der Waals surface area contributed by atoms with Crippen LogP contribution >= 0.6 is 0 Å². The van der Waals surface area contributed by atoms with Gasteiger partial charge in [-0.1, -0.05) is 13.3 Å². The summed E-state index contributed by atoms with van der Waals surface area (Å²) in [6, 6.07) is -0.917. The highest BCUT2D eigenvalue weighted by Gasteiger charge is 2.18. The van der Waals surface area contributed by atoms with E-state index >= 15 is 0 Å². The molecule has 0 bridgehead atoms. The van der Waals surface area contributed by atoms with Crippen LogP contribution in [-0.4, -0.2) is 23.2 Å². The second kappa shape index (κ2) is 4.24. The van der Waals surface area contributed by atoms with E-state index in [-0.39, 0.29) is 0 Å². The fraction of sp³-hybridized carbons (Fsp3) is 0.833. The highest BCUT2D eigenvalue weighted by molar-refractivity contribution is 5.80. The van der Waals surface area contributed by atoms with Gasteiger partial charge in [-0.05, 0) is 6.42 Å². The van der Waals surface area contributed by atoms with Crippen LogP contribution in [0, 0.1) is 0 Å². The minimum Gasteiger partial charge on any atom is -0.391 e. The summed E-state index contributed by atoms with van der Waals surface area (Å²) in [6.45, 7) is 1.90. The van der Waals surface area contributed by atoms with E-state index in [1.807, 2.05) is 6.92 Å². The van der Waals surface area contributed by atoms with Crippen LogP contribution in [0.3, 0.4) is 0 Å². The lowest BCUT2D eigenvalue weighted by Gasteiger charge is -2.13. The highest BCUT2D eigenvalue weighted by atomic mass is 16.3. The van der Waals surface area contributed by atoms with Crippen molar-refractivity contribution in [2.24, 2.45) is 11.5 Å². The Hall–Kier alpha value is -0.610. The van der Waals surface area contributed by atoms with Gasteiger partial charge in [0, 0.05) is 0 Å². The molecule has 0 rings (SSSR count). The Kier molecular flexibility index (Phi) is 3.99. The van der Waals surface area contributed by atoms with Crippen molar-refractivity contribution in [1.82, 2.24) is 0 Å². The molecule has 0 spiro atoms. The van der Waals surface area contributed by atoms with Crippen LogP contribution in [0.1, 0.15) is 19.8 Å². The zero-order chi connectivity index (χ0) is 8.15. The van der Waals surface area contributed by atoms with Crippen LogP contribution in [0.5, 0.6) is 0 Å². The van der Waals surface area contributed by atoms with Gasteiger partial charge in [0.2, 0.25) is 5.91 Å². The van der Waals surface area contributed by atoms with Gasteiger partial charge in [-0.15, -0.1) is 0 Å². The molecular formula is C6H14N2O2. The maximum atomic E-state index is 10.4. The van der Waals surface area contributed by atoms with Gasteiger partial charge in [0.05, 0.1) is 6.10 Å². The van der Waals surface area contributed by atoms with Gasteiger partial charge in [-0.25, -0.2) is 0 Å². The lowest BCUT2D eigenvalue weighted by atomic mass is 10.1. The number of hydrogen-bond donors (Lipinski definition) is 3. The van der Waals surface area contributed by atoms with E-state index in [4.69, 9.17) is 16.6 Å². The smallest absolute Gasteiger partial charge is 0.237 e. The summed E-state index contributed by atoms with van der Waals surface area (Å²) in [5.74, 6) is -0.652. The Bertz CT molecular complexity index is 116. The number of aliphatic hydroxyl groups is 1. The zero-order valence-electron chi connectivity index (χ0n) is 6.08. The van der Waals surface area contributed by atoms with Gasteiger partial charge in [0.1, 0.15) is 6.04 Å². The lowest BCUT2D eigenvalue weighted by molar-refractivity contribution is -0.121. The van der Waals surface area contributed by atoms with Crippen LogP contribution in [-0.2, 0) is 4.79 Å². The minimum atomic E-state index is -0.917. The predicted molar refractivity (Wildman–Crippen MR) is 38.1 cm³/mol. The SMILES string of the molecule is CCCC(O)C(N)C(N)=O. The normalized spacial score (nSPS) is 16.3. The largest absolute Gasteiger partial charge is 0.391 e. The third kappa shape index (κ3) is 2.80. The van der Waals surface area contributed by atoms with Gasteiger partial charge in [0.25, 0.3) is 0 Å². The van der Waals surface area contributed by atoms with Gasteiger partial charge in [-0.2, -0.15) is 0 Å². The monoisotopic (exact) mass is 146 g/mol. The van der Waals surface area contributed by atoms with E-state index in [0.29, 0.717) is 6.42 Å². The molecule has 2 unspecified atom stereocenters. The molecule has 4 heteroatoms. The van der Waals surface area contributed by atoms with Crippen molar-refractivity contribution in [2.75, 3.05) is 0 Å². The molecule has 0 saturated carbocycles. The molecule has 5 N–H and O–H groups in total. The summed E-state index contributed by atoms with van der Waals surface area (Å²) in [6.07, 6.45) is 0.522. The first-order chi connectivity index (χ1) is 4.59. The third-order valence-corrected chi connectivity index (χ3v) is 1.33. The van der Waals surface area contributed by atoms with E-state index in [0.717, 1.165) is 6.42 Å². The fourth-order valence-corrected chi connectivity index (χ4v) is 0.665. The van der Waals surface area contributed by atoms with Crippen molar-refractivity contribution in [3.63, 3.8) is 0 Å². The van der Waals surface area contributed by atoms with Gasteiger partial charge in [-0.3, -0.25) is 4.79 Å². The Morgan fingerprint density at radius 3 is 2.50 bits per heavy atom. The van der Waals surface area contributed by atoms with Crippen LogP contribution in [0.2, 0.25) is 0 Å². The maximum absolute atomic E-state index is 10.4. The first-order valence-corrected chi connectivity index (χ1v) is 3.32. The van der Waals surface area contributed by atoms with E-state index in [9.17, 15) is 4.79 Å². The molecule has 0 fully saturated rings. The number of nitrogens with two attached hydrogens (primary N) is 2. The molecule has 4 nitrogen and oxygen atoms in total. The molecule has 0 radical (unpaired) electrons. The molecule has 10 heavy (non-hydrogen) atoms. The van der Waals surface area contributed by atoms with E-state index in [1.54, 1.807) is 0 Å². The zero-order valence-corrected chi connectivity index (χ0v) is 6.08. The Morgan fingerprint density at radius 1 is 1.70 bits per heavy atom. The van der Waals surface area contributed by atoms with Crippen LogP contribution < -0.4 is 11.5 Å². The minimum absolute atomic E-state index is 0.518. The van der Waals surface area contributed by atoms with Crippen molar-refractivity contribution in [3.05, 3.63) is 0 Å². The maximum Gasteiger partial charge on any atom is 0.237 e. The Balaban J connectivity index is 3.69. The first kappa shape index (κ1) is 9.39. The number of carbonyl (C=O) groups excluding carboxylic acids is 1. The molecule has 0 aromatic rings. The van der Waals surface area contributed by atoms with E-state index < -0.39 is 18.1 Å². The summed E-state index contributed by atoms with van der Waals surface area (Å²) < 4.78 is 0. The molecule has 60 valence electrons. The topological polar surface area (TPSA) is 89.3 Å². The number of hydrogen-bond acceptors (Lipinski definition) is 3. The molecule has 0 aliphatic heterocycles. The summed E-state index contributed by atoms with van der Waals surface area (Å²) >= 11 is 0. The number of amides is 1. The summed E-state index contributed by atoms with van der Waals surface area (Å²) in [5.41, 5.74) is 10.1. The molecule has 0 aliphatic rings. The van der Waals surface area contributed by atoms with Gasteiger partial charge < -0.3 is 16.6 Å². The Morgan fingerprint density at radius 2 is 2.20 bits per heavy atom. The molecule has 0 saturated heterocycles. The standard InChI is InChI=1S/C6H14N2O2/c1-2-3-4(9)5(7)6(8)10/h4-5,9H,2-3,7H2,1H3,(H2,8,10). The predicted octanol–water partition coefficient (Wildman–Crippen LogP) is -1.04. The molecule has 1 amide bonds. The van der Waals surface area contributed by atoms with Crippen molar-refractivity contribution >= 4 is 5.91 Å². The molecular weight excluding hydrogens is 132 g/mol. The molecule has 0 aromatic heterocycles. The van der Waals surface area contributed by atoms with Crippen LogP contribution in [0.25, 0.3) is 0 Å². The molecule has 2 atom stereocenters. The van der Waals surface area contributed by atoms with Gasteiger partial charge >= 0.3 is 0 Å². The number of rotatable bonds is 4. The molecule has 0 heterocycles. The fourth-order valence-electron chi connectivity index (χ4n) is 0.665. The summed E-state index contributed by atoms with van der Waals surface area (Å²) in [4.78, 5) is 10.4. The number of carbonyl (C=O) groups is 1. The van der Waals surface area contributed by atoms with Crippen LogP contribution in [0.15, 0.2) is 0 Å². The second-order valence-electron chi connectivity index (χ2n) is 2.28.